The smallest absolute Gasteiger partial charge is 0.266 e. The maximum absolute atomic E-state index is 12.7. The molecule has 1 aromatic carbocycles. The summed E-state index contributed by atoms with van der Waals surface area (Å²) in [5.74, 6) is -0.150. The molecule has 3 aromatic rings. The fourth-order valence-electron chi connectivity index (χ4n) is 3.77. The molecule has 1 atom stereocenters. The summed E-state index contributed by atoms with van der Waals surface area (Å²) in [4.78, 5) is 30.4. The summed E-state index contributed by atoms with van der Waals surface area (Å²) in [5, 5.41) is 3.00. The number of hydrogen-bond acceptors (Lipinski definition) is 5. The number of rotatable bonds is 4. The Morgan fingerprint density at radius 2 is 1.93 bits per heavy atom. The minimum Gasteiger partial charge on any atom is -0.343 e. The maximum Gasteiger partial charge on any atom is 0.266 e. The molecular formula is C23H19N5O. The van der Waals surface area contributed by atoms with Crippen LogP contribution in [-0.2, 0) is 17.8 Å². The molecule has 0 fully saturated rings. The summed E-state index contributed by atoms with van der Waals surface area (Å²) in [7, 11) is 0. The van der Waals surface area contributed by atoms with E-state index in [0.717, 1.165) is 33.8 Å². The quantitative estimate of drug-likeness (QED) is 0.753. The summed E-state index contributed by atoms with van der Waals surface area (Å²) in [6.07, 6.45) is 5.80. The van der Waals surface area contributed by atoms with Crippen LogP contribution in [0.1, 0.15) is 40.9 Å². The number of pyridine rings is 2. The van der Waals surface area contributed by atoms with Gasteiger partial charge in [0.2, 0.25) is 0 Å². The van der Waals surface area contributed by atoms with Crippen molar-refractivity contribution in [1.82, 2.24) is 15.3 Å². The van der Waals surface area contributed by atoms with Crippen molar-refractivity contribution in [3.8, 4) is 0 Å². The number of benzene rings is 1. The number of aliphatic imine (C=N–C) groups is 2. The molecular weight excluding hydrogens is 362 g/mol. The van der Waals surface area contributed by atoms with E-state index in [-0.39, 0.29) is 11.9 Å². The third-order valence-corrected chi connectivity index (χ3v) is 5.28. The third-order valence-electron chi connectivity index (χ3n) is 5.28. The molecule has 0 bridgehead atoms. The number of carbonyl (C=O) groups is 1. The van der Waals surface area contributed by atoms with Crippen molar-refractivity contribution in [2.45, 2.75) is 25.9 Å². The van der Waals surface area contributed by atoms with Crippen LogP contribution >= 0.6 is 0 Å². The first-order valence-electron chi connectivity index (χ1n) is 9.59. The predicted octanol–water partition coefficient (Wildman–Crippen LogP) is 3.33. The van der Waals surface area contributed by atoms with Gasteiger partial charge in [-0.1, -0.05) is 12.1 Å². The van der Waals surface area contributed by atoms with Gasteiger partial charge in [0.15, 0.2) is 0 Å². The van der Waals surface area contributed by atoms with Crippen LogP contribution in [0.25, 0.3) is 0 Å². The number of hydrogen-bond donors (Lipinski definition) is 1. The largest absolute Gasteiger partial charge is 0.343 e. The van der Waals surface area contributed by atoms with E-state index in [9.17, 15) is 4.79 Å². The summed E-state index contributed by atoms with van der Waals surface area (Å²) in [5.41, 5.74) is 7.55. The molecule has 6 nitrogen and oxygen atoms in total. The molecule has 2 aliphatic rings. The van der Waals surface area contributed by atoms with E-state index in [0.29, 0.717) is 18.7 Å². The van der Waals surface area contributed by atoms with Gasteiger partial charge in [-0.3, -0.25) is 19.8 Å². The van der Waals surface area contributed by atoms with Crippen molar-refractivity contribution < 1.29 is 4.79 Å². The van der Waals surface area contributed by atoms with E-state index >= 15 is 0 Å². The first-order valence-corrected chi connectivity index (χ1v) is 9.59. The predicted molar refractivity (Wildman–Crippen MR) is 112 cm³/mol. The average molecular weight is 381 g/mol. The van der Waals surface area contributed by atoms with Crippen molar-refractivity contribution in [3.05, 3.63) is 89.0 Å². The van der Waals surface area contributed by atoms with E-state index in [1.807, 2.05) is 37.3 Å². The number of carbonyl (C=O) groups excluding carboxylic acids is 1. The number of amides is 1. The number of nitrogens with zero attached hydrogens (tertiary/aromatic N) is 4. The Morgan fingerprint density at radius 1 is 1.07 bits per heavy atom. The molecule has 0 aliphatic carbocycles. The Hall–Kier alpha value is -3.67. The highest BCUT2D eigenvalue weighted by molar-refractivity contribution is 6.41. The van der Waals surface area contributed by atoms with Crippen LogP contribution in [0.15, 0.2) is 71.0 Å². The van der Waals surface area contributed by atoms with Gasteiger partial charge in [-0.15, -0.1) is 0 Å². The lowest BCUT2D eigenvalue weighted by atomic mass is 9.97. The summed E-state index contributed by atoms with van der Waals surface area (Å²) in [6.45, 7) is 2.58. The lowest BCUT2D eigenvalue weighted by Gasteiger charge is -2.12. The highest BCUT2D eigenvalue weighted by Gasteiger charge is 2.26. The average Bonchev–Trinajstić information content (AvgIpc) is 3.36. The Morgan fingerprint density at radius 3 is 2.72 bits per heavy atom. The minimum atomic E-state index is -0.175. The molecule has 1 N–H and O–H groups in total. The topological polar surface area (TPSA) is 79.6 Å². The van der Waals surface area contributed by atoms with Crippen LogP contribution < -0.4 is 5.32 Å². The Labute approximate surface area is 168 Å². The molecule has 4 heterocycles. The van der Waals surface area contributed by atoms with E-state index in [4.69, 9.17) is 4.99 Å². The highest BCUT2D eigenvalue weighted by Crippen LogP contribution is 2.34. The van der Waals surface area contributed by atoms with Gasteiger partial charge in [0.25, 0.3) is 5.91 Å². The first-order chi connectivity index (χ1) is 14.2. The second-order valence-electron chi connectivity index (χ2n) is 7.22. The molecule has 5 rings (SSSR count). The van der Waals surface area contributed by atoms with Crippen LogP contribution in [0, 0.1) is 0 Å². The van der Waals surface area contributed by atoms with Crippen molar-refractivity contribution in [1.29, 1.82) is 0 Å². The second-order valence-corrected chi connectivity index (χ2v) is 7.22. The van der Waals surface area contributed by atoms with Gasteiger partial charge < -0.3 is 5.32 Å². The maximum atomic E-state index is 12.7. The van der Waals surface area contributed by atoms with Crippen molar-refractivity contribution >= 4 is 23.0 Å². The summed E-state index contributed by atoms with van der Waals surface area (Å²) >= 11 is 0. The molecule has 2 aromatic heterocycles. The van der Waals surface area contributed by atoms with Gasteiger partial charge in [0.1, 0.15) is 5.71 Å². The fraction of sp³-hybridized carbons (Fsp3) is 0.174. The van der Waals surface area contributed by atoms with Crippen LogP contribution in [0.4, 0.5) is 5.69 Å². The zero-order chi connectivity index (χ0) is 19.8. The number of nitrogens with one attached hydrogen (secondary N) is 1. The standard InChI is InChI=1S/C23H19N5O/c1-14(19-4-2-3-7-25-19)27-23(29)21-11-16-10-17-13-26-22(15-5-8-24-9-6-15)18(17)12-20(16)28-21/h2-10,12,14H,11,13H2,1H3,(H,27,29)/t14-/m1/s1. The van der Waals surface area contributed by atoms with Gasteiger partial charge in [-0.2, -0.15) is 0 Å². The second kappa shape index (κ2) is 7.05. The molecule has 0 radical (unpaired) electrons. The number of fused-ring (bicyclic) bond motifs is 2. The molecule has 0 saturated carbocycles. The van der Waals surface area contributed by atoms with Crippen molar-refractivity contribution in [3.63, 3.8) is 0 Å². The molecule has 2 aliphatic heterocycles. The van der Waals surface area contributed by atoms with Gasteiger partial charge in [-0.05, 0) is 48.4 Å². The van der Waals surface area contributed by atoms with Gasteiger partial charge >= 0.3 is 0 Å². The molecule has 1 amide bonds. The fourth-order valence-corrected chi connectivity index (χ4v) is 3.77. The van der Waals surface area contributed by atoms with E-state index in [1.165, 1.54) is 5.56 Å². The minimum absolute atomic E-state index is 0.150. The highest BCUT2D eigenvalue weighted by atomic mass is 16.2. The van der Waals surface area contributed by atoms with Gasteiger partial charge in [0.05, 0.1) is 29.7 Å². The van der Waals surface area contributed by atoms with Crippen LogP contribution in [0.2, 0.25) is 0 Å². The van der Waals surface area contributed by atoms with E-state index < -0.39 is 0 Å². The zero-order valence-electron chi connectivity index (χ0n) is 16.0. The summed E-state index contributed by atoms with van der Waals surface area (Å²) < 4.78 is 0. The molecule has 142 valence electrons. The third kappa shape index (κ3) is 3.23. The lowest BCUT2D eigenvalue weighted by molar-refractivity contribution is -0.115. The molecule has 0 unspecified atom stereocenters. The van der Waals surface area contributed by atoms with Gasteiger partial charge in [0, 0.05) is 36.1 Å². The Kier molecular flexibility index (Phi) is 4.24. The van der Waals surface area contributed by atoms with E-state index in [2.05, 4.69) is 32.4 Å². The van der Waals surface area contributed by atoms with Gasteiger partial charge in [-0.25, -0.2) is 4.99 Å². The molecule has 6 heteroatoms. The zero-order valence-corrected chi connectivity index (χ0v) is 16.0. The molecule has 0 saturated heterocycles. The van der Waals surface area contributed by atoms with Crippen molar-refractivity contribution in [2.75, 3.05) is 0 Å². The molecule has 0 spiro atoms. The lowest BCUT2D eigenvalue weighted by Crippen LogP contribution is -2.33. The molecule has 29 heavy (non-hydrogen) atoms. The monoisotopic (exact) mass is 381 g/mol. The Bertz CT molecular complexity index is 1150. The van der Waals surface area contributed by atoms with Crippen molar-refractivity contribution in [2.24, 2.45) is 9.98 Å². The number of aromatic nitrogens is 2. The normalized spacial score (nSPS) is 15.2. The Balaban J connectivity index is 1.38. The SMILES string of the molecule is C[C@@H](NC(=O)C1=Nc2cc3c(cc2C1)CN=C3c1ccncc1)c1ccccn1. The van der Waals surface area contributed by atoms with Crippen LogP contribution in [-0.4, -0.2) is 27.3 Å². The first kappa shape index (κ1) is 17.4. The van der Waals surface area contributed by atoms with Crippen LogP contribution in [0.5, 0.6) is 0 Å². The summed E-state index contributed by atoms with van der Waals surface area (Å²) in [6, 6.07) is 13.6. The van der Waals surface area contributed by atoms with Crippen LogP contribution in [0.3, 0.4) is 0 Å². The van der Waals surface area contributed by atoms with E-state index in [1.54, 1.807) is 18.6 Å².